The van der Waals surface area contributed by atoms with E-state index in [1.165, 1.54) is 10.5 Å². The first kappa shape index (κ1) is 17.2. The number of likely N-dealkylation sites (tertiary alicyclic amines) is 1. The van der Waals surface area contributed by atoms with E-state index in [0.29, 0.717) is 13.0 Å². The van der Waals surface area contributed by atoms with Gasteiger partial charge in [-0.25, -0.2) is 0 Å². The summed E-state index contributed by atoms with van der Waals surface area (Å²) < 4.78 is 0. The molecular formula is C20H28N2O2. The number of fused-ring (bicyclic) bond motifs is 2. The minimum Gasteiger partial charge on any atom is -0.304 e. The lowest BCUT2D eigenvalue weighted by atomic mass is 9.80. The molecule has 0 N–H and O–H groups in total. The Kier molecular flexibility index (Phi) is 5.04. The highest BCUT2D eigenvalue weighted by Crippen LogP contribution is 2.46. The fourth-order valence-electron chi connectivity index (χ4n) is 4.27. The van der Waals surface area contributed by atoms with Crippen molar-refractivity contribution < 1.29 is 9.59 Å². The molecule has 1 aliphatic heterocycles. The molecule has 2 amide bonds. The Morgan fingerprint density at radius 2 is 1.88 bits per heavy atom. The van der Waals surface area contributed by atoms with Crippen LogP contribution in [0.5, 0.6) is 0 Å². The highest BCUT2D eigenvalue weighted by molar-refractivity contribution is 6.09. The van der Waals surface area contributed by atoms with Gasteiger partial charge in [0.15, 0.2) is 0 Å². The van der Waals surface area contributed by atoms with Crippen molar-refractivity contribution in [3.8, 4) is 0 Å². The van der Waals surface area contributed by atoms with Gasteiger partial charge >= 0.3 is 0 Å². The highest BCUT2D eigenvalue weighted by atomic mass is 16.2. The van der Waals surface area contributed by atoms with Crippen molar-refractivity contribution in [1.29, 1.82) is 0 Å². The van der Waals surface area contributed by atoms with Crippen molar-refractivity contribution in [3.63, 3.8) is 0 Å². The third-order valence-corrected chi connectivity index (χ3v) is 5.76. The molecule has 2 aliphatic rings. The van der Waals surface area contributed by atoms with Crippen LogP contribution in [0.15, 0.2) is 24.3 Å². The van der Waals surface area contributed by atoms with Crippen molar-refractivity contribution in [2.45, 2.75) is 51.4 Å². The van der Waals surface area contributed by atoms with Gasteiger partial charge in [-0.1, -0.05) is 38.1 Å². The number of benzene rings is 1. The predicted molar refractivity (Wildman–Crippen MR) is 94.8 cm³/mol. The second kappa shape index (κ2) is 7.06. The van der Waals surface area contributed by atoms with Gasteiger partial charge in [0.25, 0.3) is 0 Å². The summed E-state index contributed by atoms with van der Waals surface area (Å²) in [6.07, 6.45) is 3.98. The topological polar surface area (TPSA) is 40.6 Å². The quantitative estimate of drug-likeness (QED) is 0.571. The average Bonchev–Trinajstić information content (AvgIpc) is 3.08. The van der Waals surface area contributed by atoms with E-state index in [0.717, 1.165) is 50.9 Å². The van der Waals surface area contributed by atoms with Crippen LogP contribution in [0.3, 0.4) is 0 Å². The molecule has 0 saturated carbocycles. The van der Waals surface area contributed by atoms with Crippen LogP contribution >= 0.6 is 0 Å². The van der Waals surface area contributed by atoms with Crippen LogP contribution in [0.25, 0.3) is 0 Å². The minimum atomic E-state index is -0.563. The standard InChI is InChI=1S/C20H28N2O2/c1-3-21(4-2)13-7-8-14-22-18(23)15-20(19(22)24)12-11-16-9-5-6-10-17(16)20/h5-6,9-10H,3-4,7-8,11-15H2,1-2H3. The van der Waals surface area contributed by atoms with Crippen LogP contribution in [0.1, 0.15) is 50.7 Å². The summed E-state index contributed by atoms with van der Waals surface area (Å²) in [5.74, 6) is 0.0554. The molecule has 4 heteroatoms. The Labute approximate surface area is 144 Å². The fourth-order valence-corrected chi connectivity index (χ4v) is 4.27. The number of carbonyl (C=O) groups excluding carboxylic acids is 2. The summed E-state index contributed by atoms with van der Waals surface area (Å²) in [6.45, 7) is 8.05. The van der Waals surface area contributed by atoms with Gasteiger partial charge < -0.3 is 4.90 Å². The predicted octanol–water partition coefficient (Wildman–Crippen LogP) is 2.75. The first-order valence-corrected chi connectivity index (χ1v) is 9.28. The summed E-state index contributed by atoms with van der Waals surface area (Å²) in [6, 6.07) is 8.13. The number of unbranched alkanes of at least 4 members (excludes halogenated alkanes) is 1. The highest BCUT2D eigenvalue weighted by Gasteiger charge is 2.54. The summed E-state index contributed by atoms with van der Waals surface area (Å²) >= 11 is 0. The van der Waals surface area contributed by atoms with E-state index < -0.39 is 5.41 Å². The zero-order chi connectivity index (χ0) is 17.2. The van der Waals surface area contributed by atoms with Crippen LogP contribution < -0.4 is 0 Å². The molecule has 1 spiro atoms. The molecule has 1 atom stereocenters. The van der Waals surface area contributed by atoms with Crippen LogP contribution in [0.2, 0.25) is 0 Å². The molecule has 0 aromatic heterocycles. The molecule has 130 valence electrons. The second-order valence-corrected chi connectivity index (χ2v) is 7.00. The Bertz CT molecular complexity index is 624. The van der Waals surface area contributed by atoms with E-state index >= 15 is 0 Å². The second-order valence-electron chi connectivity index (χ2n) is 7.00. The molecule has 1 aromatic carbocycles. The van der Waals surface area contributed by atoms with Gasteiger partial charge in [-0.15, -0.1) is 0 Å². The summed E-state index contributed by atoms with van der Waals surface area (Å²) in [7, 11) is 0. The molecule has 0 bridgehead atoms. The molecule has 0 radical (unpaired) electrons. The Morgan fingerprint density at radius 1 is 1.12 bits per heavy atom. The molecule has 1 saturated heterocycles. The first-order valence-electron chi connectivity index (χ1n) is 9.28. The van der Waals surface area contributed by atoms with Gasteiger partial charge in [0, 0.05) is 13.0 Å². The number of amides is 2. The lowest BCUT2D eigenvalue weighted by Gasteiger charge is -2.23. The maximum Gasteiger partial charge on any atom is 0.240 e. The van der Waals surface area contributed by atoms with Crippen LogP contribution in [-0.2, 0) is 21.4 Å². The van der Waals surface area contributed by atoms with Gasteiger partial charge in [0.1, 0.15) is 0 Å². The molecule has 1 heterocycles. The molecule has 24 heavy (non-hydrogen) atoms. The van der Waals surface area contributed by atoms with Gasteiger partial charge in [0.05, 0.1) is 5.41 Å². The van der Waals surface area contributed by atoms with Crippen molar-refractivity contribution in [3.05, 3.63) is 35.4 Å². The molecule has 4 nitrogen and oxygen atoms in total. The van der Waals surface area contributed by atoms with Crippen molar-refractivity contribution >= 4 is 11.8 Å². The van der Waals surface area contributed by atoms with Crippen LogP contribution in [-0.4, -0.2) is 47.8 Å². The van der Waals surface area contributed by atoms with Crippen molar-refractivity contribution in [2.75, 3.05) is 26.2 Å². The third kappa shape index (κ3) is 2.88. The number of hydrogen-bond acceptors (Lipinski definition) is 3. The van der Waals surface area contributed by atoms with E-state index in [9.17, 15) is 9.59 Å². The molecule has 3 rings (SSSR count). The minimum absolute atomic E-state index is 0.0135. The average molecular weight is 328 g/mol. The van der Waals surface area contributed by atoms with E-state index in [4.69, 9.17) is 0 Å². The fraction of sp³-hybridized carbons (Fsp3) is 0.600. The molecule has 1 fully saturated rings. The molecule has 1 aliphatic carbocycles. The number of rotatable bonds is 7. The molecule has 1 aromatic rings. The van der Waals surface area contributed by atoms with Crippen molar-refractivity contribution in [2.24, 2.45) is 0 Å². The van der Waals surface area contributed by atoms with Gasteiger partial charge in [-0.05, 0) is 56.4 Å². The lowest BCUT2D eigenvalue weighted by Crippen LogP contribution is -2.38. The normalized spacial score (nSPS) is 22.9. The third-order valence-electron chi connectivity index (χ3n) is 5.76. The zero-order valence-electron chi connectivity index (χ0n) is 14.9. The van der Waals surface area contributed by atoms with Gasteiger partial charge in [-0.2, -0.15) is 0 Å². The van der Waals surface area contributed by atoms with E-state index in [-0.39, 0.29) is 11.8 Å². The maximum absolute atomic E-state index is 13.0. The largest absolute Gasteiger partial charge is 0.304 e. The SMILES string of the molecule is CCN(CC)CCCCN1C(=O)CC2(CCc3ccccc32)C1=O. The Hall–Kier alpha value is -1.68. The summed E-state index contributed by atoms with van der Waals surface area (Å²) in [5.41, 5.74) is 1.77. The number of hydrogen-bond donors (Lipinski definition) is 0. The maximum atomic E-state index is 13.0. The Morgan fingerprint density at radius 3 is 2.62 bits per heavy atom. The van der Waals surface area contributed by atoms with Gasteiger partial charge in [0.2, 0.25) is 11.8 Å². The summed E-state index contributed by atoms with van der Waals surface area (Å²) in [4.78, 5) is 29.4. The number of carbonyl (C=O) groups is 2. The number of imide groups is 1. The Balaban J connectivity index is 1.64. The van der Waals surface area contributed by atoms with E-state index in [2.05, 4.69) is 24.8 Å². The van der Waals surface area contributed by atoms with Crippen molar-refractivity contribution in [1.82, 2.24) is 9.80 Å². The van der Waals surface area contributed by atoms with E-state index in [1.807, 2.05) is 18.2 Å². The first-order chi connectivity index (χ1) is 11.6. The lowest BCUT2D eigenvalue weighted by molar-refractivity contribution is -0.140. The molecular weight excluding hydrogens is 300 g/mol. The van der Waals surface area contributed by atoms with E-state index in [1.54, 1.807) is 0 Å². The number of aryl methyl sites for hydroxylation is 1. The number of nitrogens with zero attached hydrogens (tertiary/aromatic N) is 2. The van der Waals surface area contributed by atoms with Crippen LogP contribution in [0.4, 0.5) is 0 Å². The van der Waals surface area contributed by atoms with Crippen LogP contribution in [0, 0.1) is 0 Å². The molecule has 1 unspecified atom stereocenters. The smallest absolute Gasteiger partial charge is 0.240 e. The summed E-state index contributed by atoms with van der Waals surface area (Å²) in [5, 5.41) is 0. The monoisotopic (exact) mass is 328 g/mol. The van der Waals surface area contributed by atoms with Gasteiger partial charge in [-0.3, -0.25) is 14.5 Å². The zero-order valence-corrected chi connectivity index (χ0v) is 14.9.